The van der Waals surface area contributed by atoms with Gasteiger partial charge in [0.25, 0.3) is 5.91 Å². The quantitative estimate of drug-likeness (QED) is 0.571. The van der Waals surface area contributed by atoms with Crippen molar-refractivity contribution in [2.24, 2.45) is 0 Å². The minimum Gasteiger partial charge on any atom is -0.381 e. The molecule has 3 aliphatic rings. The van der Waals surface area contributed by atoms with E-state index in [0.717, 1.165) is 70.0 Å². The fourth-order valence-corrected chi connectivity index (χ4v) is 5.68. The van der Waals surface area contributed by atoms with Crippen LogP contribution < -0.4 is 5.73 Å². The summed E-state index contributed by atoms with van der Waals surface area (Å²) >= 11 is 0. The van der Waals surface area contributed by atoms with Crippen LogP contribution in [0.2, 0.25) is 0 Å². The van der Waals surface area contributed by atoms with Crippen LogP contribution in [-0.2, 0) is 13.0 Å². The molecule has 5 heterocycles. The number of nitrogen functional groups attached to an aromatic ring is 1. The fourth-order valence-electron chi connectivity index (χ4n) is 5.68. The van der Waals surface area contributed by atoms with Crippen molar-refractivity contribution in [3.05, 3.63) is 53.0 Å². The molecule has 0 radical (unpaired) electrons. The average Bonchev–Trinajstić information content (AvgIpc) is 3.34. The summed E-state index contributed by atoms with van der Waals surface area (Å²) in [6.45, 7) is 9.99. The molecule has 0 bridgehead atoms. The standard InChI is InChI=1S/C27H35N9O/c1-18-10-19(11-20-14-33(3)5-4-23(18)20)24-13-29-25(28)26(31-24)36-15-21(12-30-36)27(37)35-16-22(17-35)34-8-6-32(2)7-9-34/h10-13,15,22H,4-9,14,16-17H2,1-3H3,(H2,28,29). The van der Waals surface area contributed by atoms with Crippen LogP contribution in [0.4, 0.5) is 5.82 Å². The number of piperazine rings is 1. The Balaban J connectivity index is 1.19. The number of amides is 1. The number of anilines is 1. The van der Waals surface area contributed by atoms with E-state index in [9.17, 15) is 4.79 Å². The molecule has 37 heavy (non-hydrogen) atoms. The van der Waals surface area contributed by atoms with E-state index < -0.39 is 0 Å². The van der Waals surface area contributed by atoms with E-state index in [1.165, 1.54) is 16.7 Å². The van der Waals surface area contributed by atoms with Gasteiger partial charge in [-0.1, -0.05) is 0 Å². The van der Waals surface area contributed by atoms with Crippen LogP contribution in [0.5, 0.6) is 0 Å². The highest BCUT2D eigenvalue weighted by Crippen LogP contribution is 2.29. The van der Waals surface area contributed by atoms with Crippen LogP contribution in [0.15, 0.2) is 30.7 Å². The van der Waals surface area contributed by atoms with Crippen molar-refractivity contribution in [1.82, 2.24) is 39.3 Å². The molecule has 2 fully saturated rings. The molecular formula is C27H35N9O. The predicted octanol–water partition coefficient (Wildman–Crippen LogP) is 1.28. The third kappa shape index (κ3) is 4.60. The second kappa shape index (κ2) is 9.51. The number of nitrogens with zero attached hydrogens (tertiary/aromatic N) is 8. The maximum atomic E-state index is 13.1. The molecule has 1 aromatic carbocycles. The lowest BCUT2D eigenvalue weighted by molar-refractivity contribution is 0.0110. The maximum Gasteiger partial charge on any atom is 0.257 e. The van der Waals surface area contributed by atoms with E-state index in [2.05, 4.69) is 57.9 Å². The zero-order chi connectivity index (χ0) is 25.7. The zero-order valence-electron chi connectivity index (χ0n) is 21.9. The zero-order valence-corrected chi connectivity index (χ0v) is 21.9. The van der Waals surface area contributed by atoms with E-state index in [1.54, 1.807) is 23.3 Å². The minimum absolute atomic E-state index is 0.00579. The van der Waals surface area contributed by atoms with Crippen LogP contribution in [-0.4, -0.2) is 111 Å². The summed E-state index contributed by atoms with van der Waals surface area (Å²) in [6, 6.07) is 4.83. The Kier molecular flexibility index (Phi) is 6.18. The molecule has 2 aromatic heterocycles. The van der Waals surface area contributed by atoms with E-state index in [-0.39, 0.29) is 11.7 Å². The highest BCUT2D eigenvalue weighted by Gasteiger charge is 2.36. The molecular weight excluding hydrogens is 466 g/mol. The van der Waals surface area contributed by atoms with E-state index >= 15 is 0 Å². The van der Waals surface area contributed by atoms with Crippen LogP contribution in [0.3, 0.4) is 0 Å². The first-order chi connectivity index (χ1) is 17.9. The highest BCUT2D eigenvalue weighted by atomic mass is 16.2. The summed E-state index contributed by atoms with van der Waals surface area (Å²) in [4.78, 5) is 31.4. The number of fused-ring (bicyclic) bond motifs is 1. The molecule has 6 rings (SSSR count). The second-order valence-corrected chi connectivity index (χ2v) is 10.8. The Bertz CT molecular complexity index is 1320. The van der Waals surface area contributed by atoms with E-state index in [4.69, 9.17) is 10.7 Å². The van der Waals surface area contributed by atoms with Gasteiger partial charge < -0.3 is 20.4 Å². The molecule has 0 atom stereocenters. The number of carbonyl (C=O) groups is 1. The number of hydrogen-bond acceptors (Lipinski definition) is 8. The minimum atomic E-state index is -0.00579. The maximum absolute atomic E-state index is 13.1. The van der Waals surface area contributed by atoms with Crippen molar-refractivity contribution in [2.75, 3.05) is 65.6 Å². The van der Waals surface area contributed by atoms with Gasteiger partial charge in [-0.15, -0.1) is 0 Å². The third-order valence-electron chi connectivity index (χ3n) is 8.08. The number of aromatic nitrogens is 4. The van der Waals surface area contributed by atoms with Crippen LogP contribution >= 0.6 is 0 Å². The average molecular weight is 502 g/mol. The van der Waals surface area contributed by atoms with Gasteiger partial charge in [0, 0.05) is 70.2 Å². The largest absolute Gasteiger partial charge is 0.381 e. The van der Waals surface area contributed by atoms with Crippen molar-refractivity contribution in [2.45, 2.75) is 25.9 Å². The van der Waals surface area contributed by atoms with Gasteiger partial charge in [0.05, 0.1) is 23.7 Å². The summed E-state index contributed by atoms with van der Waals surface area (Å²) in [7, 11) is 4.31. The molecule has 0 unspecified atom stereocenters. The Morgan fingerprint density at radius 2 is 1.81 bits per heavy atom. The molecule has 2 N–H and O–H groups in total. The number of aryl methyl sites for hydroxylation is 1. The molecule has 3 aliphatic heterocycles. The number of carbonyl (C=O) groups excluding carboxylic acids is 1. The van der Waals surface area contributed by atoms with Gasteiger partial charge in [0.2, 0.25) is 0 Å². The van der Waals surface area contributed by atoms with Gasteiger partial charge in [-0.25, -0.2) is 14.6 Å². The summed E-state index contributed by atoms with van der Waals surface area (Å²) in [5.74, 6) is 0.705. The number of hydrogen-bond donors (Lipinski definition) is 1. The van der Waals surface area contributed by atoms with Crippen molar-refractivity contribution >= 4 is 11.7 Å². The SMILES string of the molecule is Cc1cc(-c2cnc(N)c(-n3cc(C(=O)N4CC(N5CCN(C)CC5)C4)cn3)n2)cc2c1CCN(C)C2. The topological polar surface area (TPSA) is 99.6 Å². The number of likely N-dealkylation sites (N-methyl/N-ethyl adjacent to an activating group) is 2. The Hall–Kier alpha value is -3.34. The Labute approximate surface area is 217 Å². The van der Waals surface area contributed by atoms with E-state index in [1.807, 2.05) is 4.90 Å². The monoisotopic (exact) mass is 501 g/mol. The summed E-state index contributed by atoms with van der Waals surface area (Å²) in [6.07, 6.45) is 6.08. The molecule has 2 saturated heterocycles. The van der Waals surface area contributed by atoms with Gasteiger partial charge in [-0.2, -0.15) is 5.10 Å². The molecule has 0 aliphatic carbocycles. The number of nitrogens with two attached hydrogens (primary N) is 1. The molecule has 10 nitrogen and oxygen atoms in total. The van der Waals surface area contributed by atoms with Gasteiger partial charge in [-0.05, 0) is 56.3 Å². The number of benzene rings is 1. The number of likely N-dealkylation sites (tertiary alicyclic amines) is 1. The molecule has 3 aromatic rings. The summed E-state index contributed by atoms with van der Waals surface area (Å²) in [5.41, 5.74) is 12.5. The lowest BCUT2D eigenvalue weighted by Crippen LogP contribution is -2.63. The molecule has 194 valence electrons. The Morgan fingerprint density at radius 1 is 1.03 bits per heavy atom. The molecule has 10 heteroatoms. The Morgan fingerprint density at radius 3 is 2.59 bits per heavy atom. The normalized spacial score (nSPS) is 19.6. The molecule has 1 amide bonds. The van der Waals surface area contributed by atoms with Crippen LogP contribution in [0.25, 0.3) is 17.1 Å². The van der Waals surface area contributed by atoms with Crippen LogP contribution in [0, 0.1) is 6.92 Å². The second-order valence-electron chi connectivity index (χ2n) is 10.8. The van der Waals surface area contributed by atoms with Crippen molar-refractivity contribution < 1.29 is 4.79 Å². The number of rotatable bonds is 4. The van der Waals surface area contributed by atoms with Gasteiger partial charge >= 0.3 is 0 Å². The van der Waals surface area contributed by atoms with Gasteiger partial charge in [0.1, 0.15) is 0 Å². The van der Waals surface area contributed by atoms with Crippen molar-refractivity contribution in [3.63, 3.8) is 0 Å². The third-order valence-corrected chi connectivity index (χ3v) is 8.08. The molecule has 0 spiro atoms. The van der Waals surface area contributed by atoms with Crippen molar-refractivity contribution in [1.29, 1.82) is 0 Å². The van der Waals surface area contributed by atoms with Gasteiger partial charge in [0.15, 0.2) is 11.6 Å². The first-order valence-electron chi connectivity index (χ1n) is 13.1. The summed E-state index contributed by atoms with van der Waals surface area (Å²) < 4.78 is 1.57. The van der Waals surface area contributed by atoms with Crippen molar-refractivity contribution in [3.8, 4) is 17.1 Å². The first kappa shape index (κ1) is 24.0. The van der Waals surface area contributed by atoms with Gasteiger partial charge in [-0.3, -0.25) is 9.69 Å². The molecule has 0 saturated carbocycles. The van der Waals surface area contributed by atoms with Crippen LogP contribution in [0.1, 0.15) is 27.0 Å². The van der Waals surface area contributed by atoms with E-state index in [0.29, 0.717) is 17.4 Å². The smallest absolute Gasteiger partial charge is 0.257 e. The predicted molar refractivity (Wildman–Crippen MR) is 143 cm³/mol. The first-order valence-corrected chi connectivity index (χ1v) is 13.1. The lowest BCUT2D eigenvalue weighted by atomic mass is 9.92. The lowest BCUT2D eigenvalue weighted by Gasteiger charge is -2.47. The fraction of sp³-hybridized carbons (Fsp3) is 0.481. The highest BCUT2D eigenvalue weighted by molar-refractivity contribution is 5.94. The summed E-state index contributed by atoms with van der Waals surface area (Å²) in [5, 5.41) is 4.42.